The standard InChI is InChI=1S/C15H14Cl2N2O3S2/c16-11-3-4-13(17)12(10-11)15(20)18-5-7-19(8-6-18)24(21,22)14-2-1-9-23-14/h1-4,9-10H,5-8H2. The summed E-state index contributed by atoms with van der Waals surface area (Å²) in [6, 6.07) is 8.02. The highest BCUT2D eigenvalue weighted by molar-refractivity contribution is 7.91. The first-order chi connectivity index (χ1) is 11.4. The Morgan fingerprint density at radius 3 is 2.42 bits per heavy atom. The predicted octanol–water partition coefficient (Wildman–Crippen LogP) is 3.20. The molecule has 1 fully saturated rings. The molecule has 1 aliphatic rings. The van der Waals surface area contributed by atoms with Crippen molar-refractivity contribution in [3.8, 4) is 0 Å². The van der Waals surface area contributed by atoms with Crippen LogP contribution in [0, 0.1) is 0 Å². The molecule has 0 N–H and O–H groups in total. The number of benzene rings is 1. The van der Waals surface area contributed by atoms with Crippen molar-refractivity contribution in [3.05, 3.63) is 51.3 Å². The number of thiophene rings is 1. The molecule has 24 heavy (non-hydrogen) atoms. The van der Waals surface area contributed by atoms with Crippen LogP contribution < -0.4 is 0 Å². The number of carbonyl (C=O) groups excluding carboxylic acids is 1. The summed E-state index contributed by atoms with van der Waals surface area (Å²) < 4.78 is 26.7. The minimum atomic E-state index is -3.48. The summed E-state index contributed by atoms with van der Waals surface area (Å²) in [7, 11) is -3.48. The Morgan fingerprint density at radius 1 is 1.08 bits per heavy atom. The molecule has 1 saturated heterocycles. The molecule has 0 radical (unpaired) electrons. The summed E-state index contributed by atoms with van der Waals surface area (Å²) in [6.07, 6.45) is 0. The van der Waals surface area contributed by atoms with E-state index in [-0.39, 0.29) is 19.0 Å². The summed E-state index contributed by atoms with van der Waals surface area (Å²) in [6.45, 7) is 1.13. The molecule has 3 rings (SSSR count). The molecule has 128 valence electrons. The normalized spacial score (nSPS) is 16.3. The maximum atomic E-state index is 12.6. The van der Waals surface area contributed by atoms with Gasteiger partial charge in [-0.25, -0.2) is 8.42 Å². The van der Waals surface area contributed by atoms with Crippen LogP contribution >= 0.6 is 34.5 Å². The van der Waals surface area contributed by atoms with Gasteiger partial charge in [0, 0.05) is 31.2 Å². The van der Waals surface area contributed by atoms with Crippen LogP contribution in [0.2, 0.25) is 10.0 Å². The number of hydrogen-bond donors (Lipinski definition) is 0. The van der Waals surface area contributed by atoms with Gasteiger partial charge in [-0.1, -0.05) is 29.3 Å². The molecule has 0 aliphatic carbocycles. The molecule has 9 heteroatoms. The minimum Gasteiger partial charge on any atom is -0.336 e. The van der Waals surface area contributed by atoms with Gasteiger partial charge in [-0.05, 0) is 29.6 Å². The third-order valence-electron chi connectivity index (χ3n) is 3.77. The molecule has 0 unspecified atom stereocenters. The van der Waals surface area contributed by atoms with Crippen LogP contribution in [0.5, 0.6) is 0 Å². The Balaban J connectivity index is 1.71. The third kappa shape index (κ3) is 3.45. The van der Waals surface area contributed by atoms with Crippen LogP contribution in [0.15, 0.2) is 39.9 Å². The van der Waals surface area contributed by atoms with E-state index in [1.807, 2.05) is 0 Å². The van der Waals surface area contributed by atoms with Crippen molar-refractivity contribution in [2.45, 2.75) is 4.21 Å². The summed E-state index contributed by atoms with van der Waals surface area (Å²) in [5.41, 5.74) is 0.332. The largest absolute Gasteiger partial charge is 0.336 e. The Kier molecular flexibility index (Phi) is 5.17. The minimum absolute atomic E-state index is 0.240. The average Bonchev–Trinajstić information content (AvgIpc) is 3.12. The molecule has 1 aromatic heterocycles. The van der Waals surface area contributed by atoms with Crippen LogP contribution in [-0.4, -0.2) is 49.7 Å². The SMILES string of the molecule is O=C(c1cc(Cl)ccc1Cl)N1CCN(S(=O)(=O)c2cccs2)CC1. The van der Waals surface area contributed by atoms with Crippen molar-refractivity contribution in [1.82, 2.24) is 9.21 Å². The van der Waals surface area contributed by atoms with Crippen molar-refractivity contribution >= 4 is 50.5 Å². The van der Waals surface area contributed by atoms with E-state index < -0.39 is 10.0 Å². The highest BCUT2D eigenvalue weighted by atomic mass is 35.5. The molecule has 0 atom stereocenters. The number of nitrogens with zero attached hydrogens (tertiary/aromatic N) is 2. The molecule has 0 saturated carbocycles. The van der Waals surface area contributed by atoms with Crippen molar-refractivity contribution in [2.24, 2.45) is 0 Å². The van der Waals surface area contributed by atoms with Gasteiger partial charge in [-0.2, -0.15) is 4.31 Å². The van der Waals surface area contributed by atoms with Gasteiger partial charge in [-0.3, -0.25) is 4.79 Å². The van der Waals surface area contributed by atoms with Gasteiger partial charge in [0.25, 0.3) is 15.9 Å². The van der Waals surface area contributed by atoms with Crippen LogP contribution in [0.4, 0.5) is 0 Å². The Labute approximate surface area is 154 Å². The van der Waals surface area contributed by atoms with E-state index in [0.717, 1.165) is 0 Å². The van der Waals surface area contributed by atoms with Crippen LogP contribution in [-0.2, 0) is 10.0 Å². The lowest BCUT2D eigenvalue weighted by Gasteiger charge is -2.33. The van der Waals surface area contributed by atoms with E-state index in [1.165, 1.54) is 21.7 Å². The monoisotopic (exact) mass is 404 g/mol. The van der Waals surface area contributed by atoms with Crippen LogP contribution in [0.1, 0.15) is 10.4 Å². The fourth-order valence-corrected chi connectivity index (χ4v) is 5.44. The Bertz CT molecular complexity index is 846. The van der Waals surface area contributed by atoms with Gasteiger partial charge in [0.15, 0.2) is 0 Å². The molecule has 0 bridgehead atoms. The highest BCUT2D eigenvalue weighted by Gasteiger charge is 2.31. The van der Waals surface area contributed by atoms with Gasteiger partial charge < -0.3 is 4.90 Å². The first-order valence-corrected chi connectivity index (χ1v) is 10.2. The van der Waals surface area contributed by atoms with Gasteiger partial charge in [-0.15, -0.1) is 11.3 Å². The number of amides is 1. The van der Waals surface area contributed by atoms with Crippen LogP contribution in [0.3, 0.4) is 0 Å². The first kappa shape index (κ1) is 17.7. The fraction of sp³-hybridized carbons (Fsp3) is 0.267. The fourth-order valence-electron chi connectivity index (χ4n) is 2.50. The lowest BCUT2D eigenvalue weighted by molar-refractivity contribution is 0.0698. The third-order valence-corrected chi connectivity index (χ3v) is 7.61. The number of halogens is 2. The molecular weight excluding hydrogens is 391 g/mol. The molecule has 2 aromatic rings. The molecule has 1 aliphatic heterocycles. The average molecular weight is 405 g/mol. The second-order valence-corrected chi connectivity index (χ2v) is 9.21. The van der Waals surface area contributed by atoms with E-state index in [9.17, 15) is 13.2 Å². The molecule has 1 amide bonds. The van der Waals surface area contributed by atoms with Gasteiger partial charge in [0.1, 0.15) is 4.21 Å². The smallest absolute Gasteiger partial charge is 0.255 e. The van der Waals surface area contributed by atoms with Crippen molar-refractivity contribution < 1.29 is 13.2 Å². The predicted molar refractivity (Wildman–Crippen MR) is 95.4 cm³/mol. The van der Waals surface area contributed by atoms with Gasteiger partial charge >= 0.3 is 0 Å². The van der Waals surface area contributed by atoms with Crippen LogP contribution in [0.25, 0.3) is 0 Å². The maximum absolute atomic E-state index is 12.6. The zero-order valence-electron chi connectivity index (χ0n) is 12.5. The maximum Gasteiger partial charge on any atom is 0.255 e. The summed E-state index contributed by atoms with van der Waals surface area (Å²) >= 11 is 13.2. The molecule has 5 nitrogen and oxygen atoms in total. The summed E-state index contributed by atoms with van der Waals surface area (Å²) in [5.74, 6) is -0.240. The highest BCUT2D eigenvalue weighted by Crippen LogP contribution is 2.25. The van der Waals surface area contributed by atoms with E-state index in [0.29, 0.717) is 32.9 Å². The molecular formula is C15H14Cl2N2O3S2. The van der Waals surface area contributed by atoms with Gasteiger partial charge in [0.05, 0.1) is 10.6 Å². The summed E-state index contributed by atoms with van der Waals surface area (Å²) in [5, 5.41) is 2.49. The second kappa shape index (κ2) is 7.01. The lowest BCUT2D eigenvalue weighted by atomic mass is 10.2. The molecule has 1 aromatic carbocycles. The molecule has 2 heterocycles. The zero-order valence-corrected chi connectivity index (χ0v) is 15.6. The number of rotatable bonds is 3. The number of hydrogen-bond acceptors (Lipinski definition) is 4. The Morgan fingerprint density at radius 2 is 1.79 bits per heavy atom. The van der Waals surface area contributed by atoms with Crippen molar-refractivity contribution in [2.75, 3.05) is 26.2 Å². The quantitative estimate of drug-likeness (QED) is 0.788. The number of carbonyl (C=O) groups is 1. The first-order valence-electron chi connectivity index (χ1n) is 7.17. The zero-order chi connectivity index (χ0) is 17.3. The van der Waals surface area contributed by atoms with Crippen molar-refractivity contribution in [1.29, 1.82) is 0 Å². The summed E-state index contributed by atoms with van der Waals surface area (Å²) in [4.78, 5) is 14.2. The van der Waals surface area contributed by atoms with Crippen molar-refractivity contribution in [3.63, 3.8) is 0 Å². The molecule has 0 spiro atoms. The van der Waals surface area contributed by atoms with E-state index in [4.69, 9.17) is 23.2 Å². The topological polar surface area (TPSA) is 57.7 Å². The lowest BCUT2D eigenvalue weighted by Crippen LogP contribution is -2.50. The van der Waals surface area contributed by atoms with E-state index in [1.54, 1.807) is 34.5 Å². The second-order valence-electron chi connectivity index (χ2n) is 5.25. The number of sulfonamides is 1. The van der Waals surface area contributed by atoms with E-state index >= 15 is 0 Å². The Hall–Kier alpha value is -1.12. The van der Waals surface area contributed by atoms with E-state index in [2.05, 4.69) is 0 Å². The van der Waals surface area contributed by atoms with Gasteiger partial charge in [0.2, 0.25) is 0 Å². The number of piperazine rings is 1.